The Labute approximate surface area is 107 Å². The SMILES string of the molecule is C.COC(=O)COc1ccc(C)cc1C(=O)OC. The molecule has 0 fully saturated rings. The first-order valence-corrected chi connectivity index (χ1v) is 4.97. The highest BCUT2D eigenvalue weighted by atomic mass is 16.6. The molecule has 0 unspecified atom stereocenters. The fourth-order valence-corrected chi connectivity index (χ4v) is 1.23. The number of carbonyl (C=O) groups is 2. The van der Waals surface area contributed by atoms with E-state index < -0.39 is 11.9 Å². The molecule has 0 saturated carbocycles. The number of ether oxygens (including phenoxy) is 3. The van der Waals surface area contributed by atoms with E-state index in [2.05, 4.69) is 9.47 Å². The van der Waals surface area contributed by atoms with Gasteiger partial charge in [0, 0.05) is 0 Å². The minimum Gasteiger partial charge on any atom is -0.481 e. The van der Waals surface area contributed by atoms with Gasteiger partial charge < -0.3 is 14.2 Å². The summed E-state index contributed by atoms with van der Waals surface area (Å²) in [4.78, 5) is 22.4. The van der Waals surface area contributed by atoms with Crippen LogP contribution in [0.25, 0.3) is 0 Å². The van der Waals surface area contributed by atoms with Crippen LogP contribution in [0.2, 0.25) is 0 Å². The summed E-state index contributed by atoms with van der Waals surface area (Å²) < 4.78 is 14.3. The van der Waals surface area contributed by atoms with Crippen molar-refractivity contribution in [2.24, 2.45) is 0 Å². The summed E-state index contributed by atoms with van der Waals surface area (Å²) in [5, 5.41) is 0. The third-order valence-corrected chi connectivity index (χ3v) is 2.11. The van der Waals surface area contributed by atoms with Crippen LogP contribution in [0.5, 0.6) is 5.75 Å². The highest BCUT2D eigenvalue weighted by Crippen LogP contribution is 2.20. The molecule has 0 radical (unpaired) electrons. The van der Waals surface area contributed by atoms with Crippen LogP contribution in [0.4, 0.5) is 0 Å². The van der Waals surface area contributed by atoms with E-state index in [1.165, 1.54) is 14.2 Å². The van der Waals surface area contributed by atoms with Crippen molar-refractivity contribution in [3.63, 3.8) is 0 Å². The van der Waals surface area contributed by atoms with E-state index in [1.807, 2.05) is 6.92 Å². The molecule has 5 heteroatoms. The monoisotopic (exact) mass is 254 g/mol. The van der Waals surface area contributed by atoms with E-state index in [4.69, 9.17) is 4.74 Å². The second-order valence-corrected chi connectivity index (χ2v) is 3.36. The zero-order chi connectivity index (χ0) is 12.8. The Balaban J connectivity index is 0.00000289. The topological polar surface area (TPSA) is 61.8 Å². The quantitative estimate of drug-likeness (QED) is 0.769. The molecule has 0 aliphatic rings. The molecule has 1 rings (SSSR count). The minimum atomic E-state index is -0.513. The number of carbonyl (C=O) groups excluding carboxylic acids is 2. The van der Waals surface area contributed by atoms with E-state index in [0.717, 1.165) is 5.56 Å². The lowest BCUT2D eigenvalue weighted by molar-refractivity contribution is -0.142. The summed E-state index contributed by atoms with van der Waals surface area (Å²) >= 11 is 0. The number of hydrogen-bond acceptors (Lipinski definition) is 5. The van der Waals surface area contributed by atoms with Gasteiger partial charge in [0.05, 0.1) is 14.2 Å². The Bertz CT molecular complexity index is 425. The van der Waals surface area contributed by atoms with Crippen LogP contribution < -0.4 is 4.74 Å². The van der Waals surface area contributed by atoms with Gasteiger partial charge in [-0.15, -0.1) is 0 Å². The van der Waals surface area contributed by atoms with Gasteiger partial charge in [-0.1, -0.05) is 19.1 Å². The summed E-state index contributed by atoms with van der Waals surface area (Å²) in [6, 6.07) is 5.03. The zero-order valence-electron chi connectivity index (χ0n) is 9.98. The Morgan fingerprint density at radius 2 is 1.83 bits per heavy atom. The number of benzene rings is 1. The molecule has 1 aromatic rings. The average molecular weight is 254 g/mol. The second-order valence-electron chi connectivity index (χ2n) is 3.36. The molecule has 5 nitrogen and oxygen atoms in total. The first-order chi connectivity index (χ1) is 8.08. The van der Waals surface area contributed by atoms with Gasteiger partial charge in [-0.3, -0.25) is 0 Å². The molecule has 1 aromatic carbocycles. The maximum absolute atomic E-state index is 11.5. The van der Waals surface area contributed by atoms with Gasteiger partial charge in [0.1, 0.15) is 11.3 Å². The maximum Gasteiger partial charge on any atom is 0.343 e. The fraction of sp³-hybridized carbons (Fsp3) is 0.385. The highest BCUT2D eigenvalue weighted by Gasteiger charge is 2.14. The zero-order valence-corrected chi connectivity index (χ0v) is 9.98. The molecule has 18 heavy (non-hydrogen) atoms. The van der Waals surface area contributed by atoms with Crippen LogP contribution in [0, 0.1) is 6.92 Å². The normalized spacial score (nSPS) is 9.06. The van der Waals surface area contributed by atoms with Crippen LogP contribution in [-0.4, -0.2) is 32.8 Å². The molecule has 0 aliphatic heterocycles. The maximum atomic E-state index is 11.5. The van der Waals surface area contributed by atoms with Gasteiger partial charge in [-0.05, 0) is 19.1 Å². The first kappa shape index (κ1) is 16.0. The Kier molecular flexibility index (Phi) is 6.49. The van der Waals surface area contributed by atoms with Crippen molar-refractivity contribution in [3.05, 3.63) is 29.3 Å². The summed E-state index contributed by atoms with van der Waals surface area (Å²) in [6.45, 7) is 1.60. The molecular formula is C13H18O5. The van der Waals surface area contributed by atoms with Gasteiger partial charge in [0.2, 0.25) is 0 Å². The summed E-state index contributed by atoms with van der Waals surface area (Å²) in [7, 11) is 2.55. The predicted molar refractivity (Wildman–Crippen MR) is 66.8 cm³/mol. The largest absolute Gasteiger partial charge is 0.481 e. The van der Waals surface area contributed by atoms with Crippen LogP contribution in [-0.2, 0) is 14.3 Å². The number of hydrogen-bond donors (Lipinski definition) is 0. The third-order valence-electron chi connectivity index (χ3n) is 2.11. The molecule has 0 bridgehead atoms. The molecule has 0 saturated heterocycles. The fourth-order valence-electron chi connectivity index (χ4n) is 1.23. The van der Waals surface area contributed by atoms with Crippen molar-refractivity contribution in [3.8, 4) is 5.75 Å². The van der Waals surface area contributed by atoms with E-state index in [9.17, 15) is 9.59 Å². The summed E-state index contributed by atoms with van der Waals surface area (Å²) in [6.07, 6.45) is 0. The van der Waals surface area contributed by atoms with Crippen molar-refractivity contribution >= 4 is 11.9 Å². The number of esters is 2. The number of rotatable bonds is 4. The van der Waals surface area contributed by atoms with Gasteiger partial charge >= 0.3 is 11.9 Å². The van der Waals surface area contributed by atoms with E-state index in [0.29, 0.717) is 5.75 Å². The van der Waals surface area contributed by atoms with Crippen molar-refractivity contribution in [1.82, 2.24) is 0 Å². The molecule has 0 spiro atoms. The molecule has 0 heterocycles. The lowest BCUT2D eigenvalue weighted by atomic mass is 10.1. The molecule has 0 amide bonds. The Morgan fingerprint density at radius 3 is 2.39 bits per heavy atom. The van der Waals surface area contributed by atoms with Gasteiger partial charge in [0.15, 0.2) is 6.61 Å². The lowest BCUT2D eigenvalue weighted by Crippen LogP contribution is -2.14. The van der Waals surface area contributed by atoms with Crippen LogP contribution >= 0.6 is 0 Å². The summed E-state index contributed by atoms with van der Waals surface area (Å²) in [5.41, 5.74) is 1.19. The second kappa shape index (κ2) is 7.32. The van der Waals surface area contributed by atoms with E-state index in [1.54, 1.807) is 18.2 Å². The van der Waals surface area contributed by atoms with E-state index >= 15 is 0 Å². The molecule has 0 atom stereocenters. The summed E-state index contributed by atoms with van der Waals surface area (Å²) in [5.74, 6) is -0.720. The van der Waals surface area contributed by atoms with Gasteiger partial charge in [-0.2, -0.15) is 0 Å². The Morgan fingerprint density at radius 1 is 1.17 bits per heavy atom. The van der Waals surface area contributed by atoms with Crippen molar-refractivity contribution in [2.75, 3.05) is 20.8 Å². The standard InChI is InChI=1S/C12H14O5.CH4/c1-8-4-5-10(17-7-11(13)15-2)9(6-8)12(14)16-3;/h4-6H,7H2,1-3H3;1H4. The molecular weight excluding hydrogens is 236 g/mol. The average Bonchev–Trinajstić information content (AvgIpc) is 2.35. The number of aryl methyl sites for hydroxylation is 1. The highest BCUT2D eigenvalue weighted by molar-refractivity contribution is 5.92. The molecule has 0 aliphatic carbocycles. The third kappa shape index (κ3) is 4.08. The lowest BCUT2D eigenvalue weighted by Gasteiger charge is -2.09. The van der Waals surface area contributed by atoms with Crippen LogP contribution in [0.1, 0.15) is 23.3 Å². The predicted octanol–water partition coefficient (Wildman–Crippen LogP) is 1.97. The number of methoxy groups -OCH3 is 2. The van der Waals surface area contributed by atoms with Gasteiger partial charge in [0.25, 0.3) is 0 Å². The minimum absolute atomic E-state index is 0. The van der Waals surface area contributed by atoms with Crippen molar-refractivity contribution in [1.29, 1.82) is 0 Å². The van der Waals surface area contributed by atoms with E-state index in [-0.39, 0.29) is 19.6 Å². The van der Waals surface area contributed by atoms with Crippen LogP contribution in [0.15, 0.2) is 18.2 Å². The smallest absolute Gasteiger partial charge is 0.343 e. The van der Waals surface area contributed by atoms with Gasteiger partial charge in [-0.25, -0.2) is 9.59 Å². The van der Waals surface area contributed by atoms with Crippen molar-refractivity contribution in [2.45, 2.75) is 14.4 Å². The Hall–Kier alpha value is -2.04. The molecule has 0 N–H and O–H groups in total. The molecule has 100 valence electrons. The van der Waals surface area contributed by atoms with Crippen LogP contribution in [0.3, 0.4) is 0 Å². The first-order valence-electron chi connectivity index (χ1n) is 4.97. The molecule has 0 aromatic heterocycles. The van der Waals surface area contributed by atoms with Crippen molar-refractivity contribution < 1.29 is 23.8 Å².